The van der Waals surface area contributed by atoms with Crippen LogP contribution in [0.3, 0.4) is 0 Å². The first kappa shape index (κ1) is 11.5. The summed E-state index contributed by atoms with van der Waals surface area (Å²) >= 11 is 0. The lowest BCUT2D eigenvalue weighted by Crippen LogP contribution is -1.87. The maximum Gasteiger partial charge on any atom is 0.0431 e. The predicted octanol–water partition coefficient (Wildman–Crippen LogP) is 2.42. The van der Waals surface area contributed by atoms with Gasteiger partial charge in [0.05, 0.1) is 0 Å². The van der Waals surface area contributed by atoms with Gasteiger partial charge >= 0.3 is 0 Å². The Morgan fingerprint density at radius 3 is 2.25 bits per heavy atom. The molecule has 0 atom stereocenters. The molecule has 1 aromatic carbocycles. The zero-order chi connectivity index (χ0) is 7.94. The van der Waals surface area contributed by atoms with Crippen LogP contribution in [0.1, 0.15) is 18.4 Å². The number of benzene rings is 1. The summed E-state index contributed by atoms with van der Waals surface area (Å²) in [6, 6.07) is 10.4. The second-order valence-electron chi connectivity index (χ2n) is 2.67. The predicted molar refractivity (Wildman–Crippen MR) is 53.7 cm³/mol. The van der Waals surface area contributed by atoms with Crippen molar-refractivity contribution in [3.63, 3.8) is 0 Å². The summed E-state index contributed by atoms with van der Waals surface area (Å²) in [5.41, 5.74) is 1.36. The number of aryl methyl sites for hydroxylation is 1. The van der Waals surface area contributed by atoms with Crippen LogP contribution in [0.15, 0.2) is 30.3 Å². The Morgan fingerprint density at radius 2 is 1.67 bits per heavy atom. The van der Waals surface area contributed by atoms with E-state index in [1.807, 2.05) is 18.2 Å². The molecule has 0 unspecified atom stereocenters. The van der Waals surface area contributed by atoms with Gasteiger partial charge < -0.3 is 5.11 Å². The Morgan fingerprint density at radius 1 is 1.00 bits per heavy atom. The first-order chi connectivity index (χ1) is 5.43. The van der Waals surface area contributed by atoms with E-state index in [9.17, 15) is 0 Å². The van der Waals surface area contributed by atoms with Crippen molar-refractivity contribution < 1.29 is 5.11 Å². The summed E-state index contributed by atoms with van der Waals surface area (Å²) in [7, 11) is 0. The van der Waals surface area contributed by atoms with Gasteiger partial charge in [0, 0.05) is 6.61 Å². The van der Waals surface area contributed by atoms with E-state index < -0.39 is 0 Å². The Kier molecular flexibility index (Phi) is 6.82. The van der Waals surface area contributed by atoms with E-state index in [-0.39, 0.29) is 12.4 Å². The first-order valence-electron chi connectivity index (χ1n) is 4.08. The maximum atomic E-state index is 8.54. The maximum absolute atomic E-state index is 8.54. The molecule has 0 radical (unpaired) electrons. The summed E-state index contributed by atoms with van der Waals surface area (Å²) in [5, 5.41) is 8.54. The molecular weight excluding hydrogens is 172 g/mol. The summed E-state index contributed by atoms with van der Waals surface area (Å²) in [5.74, 6) is 0. The van der Waals surface area contributed by atoms with Crippen molar-refractivity contribution in [3.05, 3.63) is 35.9 Å². The number of hydrogen-bond donors (Lipinski definition) is 1. The Hall–Kier alpha value is -0.530. The number of halogens is 1. The Labute approximate surface area is 79.8 Å². The van der Waals surface area contributed by atoms with Crippen LogP contribution >= 0.6 is 12.4 Å². The van der Waals surface area contributed by atoms with Crippen LogP contribution < -0.4 is 0 Å². The lowest BCUT2D eigenvalue weighted by atomic mass is 10.1. The van der Waals surface area contributed by atoms with Crippen LogP contribution in [-0.4, -0.2) is 11.7 Å². The monoisotopic (exact) mass is 186 g/mol. The highest BCUT2D eigenvalue weighted by Crippen LogP contribution is 2.03. The van der Waals surface area contributed by atoms with Gasteiger partial charge in [-0.3, -0.25) is 0 Å². The largest absolute Gasteiger partial charge is 0.396 e. The van der Waals surface area contributed by atoms with Gasteiger partial charge in [0.25, 0.3) is 0 Å². The molecule has 0 amide bonds. The third-order valence-corrected chi connectivity index (χ3v) is 1.72. The second-order valence-corrected chi connectivity index (χ2v) is 2.67. The fourth-order valence-electron chi connectivity index (χ4n) is 1.09. The third kappa shape index (κ3) is 4.37. The molecule has 1 N–H and O–H groups in total. The molecular formula is C10H15ClO. The van der Waals surface area contributed by atoms with Crippen molar-refractivity contribution in [3.8, 4) is 0 Å². The topological polar surface area (TPSA) is 20.2 Å². The summed E-state index contributed by atoms with van der Waals surface area (Å²) in [4.78, 5) is 0. The van der Waals surface area contributed by atoms with Gasteiger partial charge in [-0.1, -0.05) is 30.3 Å². The van der Waals surface area contributed by atoms with Crippen molar-refractivity contribution in [2.45, 2.75) is 19.3 Å². The van der Waals surface area contributed by atoms with E-state index in [1.54, 1.807) is 0 Å². The van der Waals surface area contributed by atoms with Gasteiger partial charge in [-0.05, 0) is 24.8 Å². The van der Waals surface area contributed by atoms with Gasteiger partial charge in [0.1, 0.15) is 0 Å². The molecule has 0 aromatic heterocycles. The summed E-state index contributed by atoms with van der Waals surface area (Å²) in [6.07, 6.45) is 3.08. The molecule has 0 bridgehead atoms. The molecule has 2 heteroatoms. The number of rotatable bonds is 4. The lowest BCUT2D eigenvalue weighted by molar-refractivity contribution is 0.284. The average Bonchev–Trinajstić information content (AvgIpc) is 2.07. The van der Waals surface area contributed by atoms with Gasteiger partial charge in [0.15, 0.2) is 0 Å². The van der Waals surface area contributed by atoms with Crippen molar-refractivity contribution in [2.24, 2.45) is 0 Å². The first-order valence-corrected chi connectivity index (χ1v) is 4.08. The van der Waals surface area contributed by atoms with E-state index in [4.69, 9.17) is 5.11 Å². The fourth-order valence-corrected chi connectivity index (χ4v) is 1.09. The quantitative estimate of drug-likeness (QED) is 0.717. The number of hydrogen-bond acceptors (Lipinski definition) is 1. The molecule has 1 rings (SSSR count). The molecule has 0 aliphatic heterocycles. The molecule has 0 heterocycles. The minimum absolute atomic E-state index is 0. The fraction of sp³-hybridized carbons (Fsp3) is 0.400. The molecule has 12 heavy (non-hydrogen) atoms. The molecule has 0 fully saturated rings. The van der Waals surface area contributed by atoms with Crippen molar-refractivity contribution in [1.29, 1.82) is 0 Å². The second kappa shape index (κ2) is 7.14. The molecule has 1 aromatic rings. The number of unbranched alkanes of at least 4 members (excludes halogenated alkanes) is 1. The molecule has 0 saturated carbocycles. The van der Waals surface area contributed by atoms with E-state index in [1.165, 1.54) is 5.56 Å². The highest BCUT2D eigenvalue weighted by Gasteiger charge is 1.89. The standard InChI is InChI=1S/C10H14O.ClH/c11-9-5-4-8-10-6-2-1-3-7-10;/h1-3,6-7,11H,4-5,8-9H2;1H. The van der Waals surface area contributed by atoms with Crippen molar-refractivity contribution >= 4 is 12.4 Å². The minimum atomic E-state index is 0. The van der Waals surface area contributed by atoms with E-state index in [2.05, 4.69) is 12.1 Å². The van der Waals surface area contributed by atoms with E-state index >= 15 is 0 Å². The molecule has 68 valence electrons. The van der Waals surface area contributed by atoms with Crippen LogP contribution in [0.25, 0.3) is 0 Å². The number of aliphatic hydroxyl groups is 1. The van der Waals surface area contributed by atoms with Gasteiger partial charge in [0.2, 0.25) is 0 Å². The summed E-state index contributed by atoms with van der Waals surface area (Å²) in [6.45, 7) is 0.312. The lowest BCUT2D eigenvalue weighted by Gasteiger charge is -1.97. The normalized spacial score (nSPS) is 9.08. The zero-order valence-electron chi connectivity index (χ0n) is 7.07. The molecule has 0 spiro atoms. The molecule has 1 nitrogen and oxygen atoms in total. The van der Waals surface area contributed by atoms with Gasteiger partial charge in [-0.25, -0.2) is 0 Å². The van der Waals surface area contributed by atoms with Crippen LogP contribution in [-0.2, 0) is 6.42 Å². The molecule has 0 aliphatic carbocycles. The SMILES string of the molecule is Cl.OCCCCc1ccccc1. The van der Waals surface area contributed by atoms with Crippen LogP contribution in [0.5, 0.6) is 0 Å². The highest BCUT2D eigenvalue weighted by molar-refractivity contribution is 5.85. The Balaban J connectivity index is 0.00000121. The van der Waals surface area contributed by atoms with Crippen LogP contribution in [0, 0.1) is 0 Å². The summed E-state index contributed by atoms with van der Waals surface area (Å²) < 4.78 is 0. The van der Waals surface area contributed by atoms with Crippen LogP contribution in [0.4, 0.5) is 0 Å². The highest BCUT2D eigenvalue weighted by atomic mass is 35.5. The van der Waals surface area contributed by atoms with E-state index in [0.717, 1.165) is 19.3 Å². The van der Waals surface area contributed by atoms with Crippen molar-refractivity contribution in [1.82, 2.24) is 0 Å². The van der Waals surface area contributed by atoms with Gasteiger partial charge in [-0.15, -0.1) is 12.4 Å². The van der Waals surface area contributed by atoms with Gasteiger partial charge in [-0.2, -0.15) is 0 Å². The van der Waals surface area contributed by atoms with E-state index in [0.29, 0.717) is 6.61 Å². The smallest absolute Gasteiger partial charge is 0.0431 e. The molecule has 0 aliphatic rings. The van der Waals surface area contributed by atoms with Crippen LogP contribution in [0.2, 0.25) is 0 Å². The number of aliphatic hydroxyl groups excluding tert-OH is 1. The Bertz CT molecular complexity index is 186. The minimum Gasteiger partial charge on any atom is -0.396 e. The third-order valence-electron chi connectivity index (χ3n) is 1.72. The molecule has 0 saturated heterocycles. The zero-order valence-corrected chi connectivity index (χ0v) is 7.89. The average molecular weight is 187 g/mol. The van der Waals surface area contributed by atoms with Crippen molar-refractivity contribution in [2.75, 3.05) is 6.61 Å².